The van der Waals surface area contributed by atoms with Gasteiger partial charge in [0.05, 0.1) is 17.1 Å². The summed E-state index contributed by atoms with van der Waals surface area (Å²) in [5, 5.41) is 4.74. The SMILES string of the molecule is Cc1cc(C(=O)NCc2cn3ccsc3n2)cc(S(=O)(=O)N(C)C)c1C. The predicted molar refractivity (Wildman–Crippen MR) is 101 cm³/mol. The molecule has 3 rings (SSSR count). The number of aromatic nitrogens is 2. The van der Waals surface area contributed by atoms with Crippen LogP contribution in [0.4, 0.5) is 0 Å². The summed E-state index contributed by atoms with van der Waals surface area (Å²) in [4.78, 5) is 18.0. The van der Waals surface area contributed by atoms with Crippen molar-refractivity contribution in [1.29, 1.82) is 0 Å². The summed E-state index contributed by atoms with van der Waals surface area (Å²) in [5.74, 6) is -0.334. The van der Waals surface area contributed by atoms with E-state index < -0.39 is 10.0 Å². The fraction of sp³-hybridized carbons (Fsp3) is 0.294. The van der Waals surface area contributed by atoms with Crippen LogP contribution in [0.3, 0.4) is 0 Å². The first-order valence-electron chi connectivity index (χ1n) is 7.93. The molecule has 1 amide bonds. The molecule has 0 aliphatic heterocycles. The fourth-order valence-corrected chi connectivity index (χ4v) is 4.49. The number of fused-ring (bicyclic) bond motifs is 1. The highest BCUT2D eigenvalue weighted by Gasteiger charge is 2.23. The Kier molecular flexibility index (Phi) is 4.87. The summed E-state index contributed by atoms with van der Waals surface area (Å²) in [6.45, 7) is 3.81. The Morgan fingerprint density at radius 3 is 2.69 bits per heavy atom. The molecule has 0 aliphatic rings. The normalized spacial score (nSPS) is 12.0. The second-order valence-electron chi connectivity index (χ2n) is 6.21. The van der Waals surface area contributed by atoms with Crippen LogP contribution in [0.5, 0.6) is 0 Å². The van der Waals surface area contributed by atoms with E-state index >= 15 is 0 Å². The molecule has 7 nitrogen and oxygen atoms in total. The van der Waals surface area contributed by atoms with Crippen molar-refractivity contribution in [3.8, 4) is 0 Å². The summed E-state index contributed by atoms with van der Waals surface area (Å²) >= 11 is 1.52. The lowest BCUT2D eigenvalue weighted by Crippen LogP contribution is -2.26. The number of aryl methyl sites for hydroxylation is 1. The predicted octanol–water partition coefficient (Wildman–Crippen LogP) is 2.19. The summed E-state index contributed by atoms with van der Waals surface area (Å²) in [5.41, 5.74) is 2.45. The topological polar surface area (TPSA) is 83.8 Å². The number of thiazole rings is 1. The highest BCUT2D eigenvalue weighted by Crippen LogP contribution is 2.23. The van der Waals surface area contributed by atoms with E-state index in [9.17, 15) is 13.2 Å². The molecule has 0 bridgehead atoms. The van der Waals surface area contributed by atoms with E-state index in [1.807, 2.05) is 22.2 Å². The second-order valence-corrected chi connectivity index (χ2v) is 9.20. The Bertz CT molecular complexity index is 1050. The Hall–Kier alpha value is -2.23. The number of rotatable bonds is 5. The van der Waals surface area contributed by atoms with Gasteiger partial charge in [-0.15, -0.1) is 11.3 Å². The number of carbonyl (C=O) groups is 1. The average molecular weight is 393 g/mol. The van der Waals surface area contributed by atoms with Crippen molar-refractivity contribution in [3.05, 3.63) is 52.3 Å². The van der Waals surface area contributed by atoms with Gasteiger partial charge in [-0.2, -0.15) is 0 Å². The smallest absolute Gasteiger partial charge is 0.251 e. The molecule has 0 aliphatic carbocycles. The van der Waals surface area contributed by atoms with Crippen molar-refractivity contribution in [1.82, 2.24) is 19.0 Å². The second kappa shape index (κ2) is 6.82. The molecule has 0 spiro atoms. The van der Waals surface area contributed by atoms with Crippen LogP contribution in [-0.4, -0.2) is 42.1 Å². The molecular formula is C17H20N4O3S2. The van der Waals surface area contributed by atoms with Gasteiger partial charge in [0.1, 0.15) is 0 Å². The lowest BCUT2D eigenvalue weighted by atomic mass is 10.1. The molecule has 1 N–H and O–H groups in total. The average Bonchev–Trinajstić information content (AvgIpc) is 3.16. The minimum atomic E-state index is -3.62. The number of hydrogen-bond donors (Lipinski definition) is 1. The molecule has 1 aromatic carbocycles. The number of carbonyl (C=O) groups excluding carboxylic acids is 1. The van der Waals surface area contributed by atoms with Crippen molar-refractivity contribution in [2.45, 2.75) is 25.3 Å². The van der Waals surface area contributed by atoms with Crippen molar-refractivity contribution in [2.75, 3.05) is 14.1 Å². The van der Waals surface area contributed by atoms with Gasteiger partial charge in [0.2, 0.25) is 10.0 Å². The number of sulfonamides is 1. The lowest BCUT2D eigenvalue weighted by Gasteiger charge is -2.16. The zero-order valence-electron chi connectivity index (χ0n) is 15.0. The number of hydrogen-bond acceptors (Lipinski definition) is 5. The third-order valence-electron chi connectivity index (χ3n) is 4.21. The summed E-state index contributed by atoms with van der Waals surface area (Å²) in [7, 11) is -0.677. The van der Waals surface area contributed by atoms with Gasteiger partial charge in [-0.25, -0.2) is 17.7 Å². The molecule has 0 radical (unpaired) electrons. The minimum Gasteiger partial charge on any atom is -0.346 e. The highest BCUT2D eigenvalue weighted by atomic mass is 32.2. The van der Waals surface area contributed by atoms with Crippen molar-refractivity contribution in [2.24, 2.45) is 0 Å². The summed E-state index contributed by atoms with van der Waals surface area (Å²) in [6, 6.07) is 3.13. The molecule has 0 atom stereocenters. The zero-order valence-corrected chi connectivity index (χ0v) is 16.6. The van der Waals surface area contributed by atoms with Crippen LogP contribution >= 0.6 is 11.3 Å². The lowest BCUT2D eigenvalue weighted by molar-refractivity contribution is 0.0950. The van der Waals surface area contributed by atoms with Gasteiger partial charge >= 0.3 is 0 Å². The maximum absolute atomic E-state index is 12.5. The standard InChI is InChI=1S/C17H20N4O3S2/c1-11-7-13(8-15(12(11)2)26(23,24)20(3)4)16(22)18-9-14-10-21-5-6-25-17(21)19-14/h5-8,10H,9H2,1-4H3,(H,18,22). The van der Waals surface area contributed by atoms with Crippen LogP contribution in [0.2, 0.25) is 0 Å². The molecule has 3 aromatic rings. The number of nitrogens with one attached hydrogen (secondary N) is 1. The first kappa shape index (κ1) is 18.6. The largest absolute Gasteiger partial charge is 0.346 e. The van der Waals surface area contributed by atoms with Crippen molar-refractivity contribution < 1.29 is 13.2 Å². The quantitative estimate of drug-likeness (QED) is 0.721. The van der Waals surface area contributed by atoms with Gasteiger partial charge in [0.15, 0.2) is 4.96 Å². The molecule has 26 heavy (non-hydrogen) atoms. The Morgan fingerprint density at radius 1 is 1.31 bits per heavy atom. The Morgan fingerprint density at radius 2 is 2.04 bits per heavy atom. The van der Waals surface area contributed by atoms with Gasteiger partial charge in [-0.3, -0.25) is 9.20 Å². The van der Waals surface area contributed by atoms with E-state index in [2.05, 4.69) is 10.3 Å². The van der Waals surface area contributed by atoms with E-state index in [1.54, 1.807) is 19.9 Å². The summed E-state index contributed by atoms with van der Waals surface area (Å²) < 4.78 is 28.1. The van der Waals surface area contributed by atoms with Crippen molar-refractivity contribution in [3.63, 3.8) is 0 Å². The fourth-order valence-electron chi connectivity index (χ4n) is 2.56. The molecule has 2 aromatic heterocycles. The van der Waals surface area contributed by atoms with Crippen LogP contribution < -0.4 is 5.32 Å². The van der Waals surface area contributed by atoms with E-state index in [1.165, 1.54) is 31.5 Å². The van der Waals surface area contributed by atoms with Gasteiger partial charge in [-0.05, 0) is 37.1 Å². The van der Waals surface area contributed by atoms with E-state index in [0.717, 1.165) is 20.5 Å². The van der Waals surface area contributed by atoms with Crippen LogP contribution in [0, 0.1) is 13.8 Å². The third-order valence-corrected chi connectivity index (χ3v) is 6.93. The van der Waals surface area contributed by atoms with Crippen molar-refractivity contribution >= 4 is 32.2 Å². The van der Waals surface area contributed by atoms with Gasteiger partial charge in [0, 0.05) is 37.4 Å². The van der Waals surface area contributed by atoms with Crippen LogP contribution in [0.15, 0.2) is 34.8 Å². The van der Waals surface area contributed by atoms with E-state index in [4.69, 9.17) is 0 Å². The molecule has 0 saturated carbocycles. The van der Waals surface area contributed by atoms with Crippen LogP contribution in [-0.2, 0) is 16.6 Å². The Balaban J connectivity index is 1.85. The molecule has 138 valence electrons. The molecule has 0 fully saturated rings. The van der Waals surface area contributed by atoms with Gasteiger partial charge < -0.3 is 5.32 Å². The maximum Gasteiger partial charge on any atom is 0.251 e. The monoisotopic (exact) mass is 392 g/mol. The third kappa shape index (κ3) is 3.37. The van der Waals surface area contributed by atoms with Crippen LogP contribution in [0.25, 0.3) is 4.96 Å². The highest BCUT2D eigenvalue weighted by molar-refractivity contribution is 7.89. The van der Waals surface area contributed by atoms with E-state index in [0.29, 0.717) is 11.1 Å². The number of amides is 1. The molecule has 0 saturated heterocycles. The van der Waals surface area contributed by atoms with Gasteiger partial charge in [-0.1, -0.05) is 0 Å². The number of imidazole rings is 1. The molecule has 9 heteroatoms. The molecule has 0 unspecified atom stereocenters. The zero-order chi connectivity index (χ0) is 19.1. The molecular weight excluding hydrogens is 372 g/mol. The van der Waals surface area contributed by atoms with Gasteiger partial charge in [0.25, 0.3) is 5.91 Å². The first-order valence-corrected chi connectivity index (χ1v) is 10.2. The maximum atomic E-state index is 12.5. The molecule has 2 heterocycles. The first-order chi connectivity index (χ1) is 12.2. The summed E-state index contributed by atoms with van der Waals surface area (Å²) in [6.07, 6.45) is 3.76. The number of nitrogens with zero attached hydrogens (tertiary/aromatic N) is 3. The Labute approximate surface area is 156 Å². The van der Waals surface area contributed by atoms with E-state index in [-0.39, 0.29) is 17.3 Å². The minimum absolute atomic E-state index is 0.148. The van der Waals surface area contributed by atoms with Crippen LogP contribution in [0.1, 0.15) is 27.2 Å². The number of benzene rings is 1.